The van der Waals surface area contributed by atoms with Crippen molar-refractivity contribution in [2.75, 3.05) is 19.0 Å². The maximum Gasteiger partial charge on any atom is 0.306 e. The van der Waals surface area contributed by atoms with Gasteiger partial charge in [0.2, 0.25) is 5.91 Å². The van der Waals surface area contributed by atoms with Crippen LogP contribution < -0.4 is 10.1 Å². The summed E-state index contributed by atoms with van der Waals surface area (Å²) in [6.07, 6.45) is 1.71. The van der Waals surface area contributed by atoms with Crippen molar-refractivity contribution in [3.8, 4) is 5.75 Å². The highest BCUT2D eigenvalue weighted by Crippen LogP contribution is 2.27. The van der Waals surface area contributed by atoms with Crippen molar-refractivity contribution >= 4 is 29.2 Å². The van der Waals surface area contributed by atoms with E-state index < -0.39 is 0 Å². The molecule has 6 heteroatoms. The maximum atomic E-state index is 11.9. The van der Waals surface area contributed by atoms with Crippen molar-refractivity contribution in [1.82, 2.24) is 0 Å². The van der Waals surface area contributed by atoms with Crippen LogP contribution in [0.3, 0.4) is 0 Å². The van der Waals surface area contributed by atoms with E-state index in [9.17, 15) is 9.59 Å². The normalized spacial score (nSPS) is 10.2. The molecule has 0 aromatic heterocycles. The summed E-state index contributed by atoms with van der Waals surface area (Å²) in [5, 5.41) is 3.10. The van der Waals surface area contributed by atoms with Crippen LogP contribution in [-0.4, -0.2) is 25.6 Å². The summed E-state index contributed by atoms with van der Waals surface area (Å²) < 4.78 is 10.2. The molecule has 0 saturated carbocycles. The lowest BCUT2D eigenvalue weighted by Gasteiger charge is -2.08. The predicted molar refractivity (Wildman–Crippen MR) is 102 cm³/mol. The fourth-order valence-corrected chi connectivity index (χ4v) is 2.62. The van der Waals surface area contributed by atoms with Gasteiger partial charge in [0, 0.05) is 12.1 Å². The lowest BCUT2D eigenvalue weighted by Crippen LogP contribution is -2.15. The van der Waals surface area contributed by atoms with E-state index >= 15 is 0 Å². The summed E-state index contributed by atoms with van der Waals surface area (Å²) in [5.41, 5.74) is 1.76. The van der Waals surface area contributed by atoms with Crippen LogP contribution >= 0.6 is 11.6 Å². The number of hydrogen-bond acceptors (Lipinski definition) is 4. The van der Waals surface area contributed by atoms with Gasteiger partial charge < -0.3 is 14.8 Å². The Morgan fingerprint density at radius 1 is 1.08 bits per heavy atom. The number of anilines is 1. The highest BCUT2D eigenvalue weighted by molar-refractivity contribution is 6.32. The predicted octanol–water partition coefficient (Wildman–Crippen LogP) is 4.24. The van der Waals surface area contributed by atoms with Gasteiger partial charge >= 0.3 is 5.97 Å². The van der Waals surface area contributed by atoms with Gasteiger partial charge in [0.15, 0.2) is 0 Å². The molecule has 2 rings (SSSR count). The van der Waals surface area contributed by atoms with Gasteiger partial charge in [-0.2, -0.15) is 0 Å². The summed E-state index contributed by atoms with van der Waals surface area (Å²) >= 11 is 6.01. The van der Waals surface area contributed by atoms with E-state index in [-0.39, 0.29) is 24.7 Å². The molecule has 138 valence electrons. The van der Waals surface area contributed by atoms with Crippen molar-refractivity contribution in [2.24, 2.45) is 0 Å². The molecule has 1 N–H and O–H groups in total. The van der Waals surface area contributed by atoms with E-state index in [1.54, 1.807) is 18.2 Å². The van der Waals surface area contributed by atoms with Crippen LogP contribution in [0.25, 0.3) is 0 Å². The summed E-state index contributed by atoms with van der Waals surface area (Å²) in [6, 6.07) is 15.0. The van der Waals surface area contributed by atoms with Crippen LogP contribution in [0.5, 0.6) is 5.75 Å². The molecule has 0 spiro atoms. The van der Waals surface area contributed by atoms with Crippen molar-refractivity contribution in [3.63, 3.8) is 0 Å². The first-order valence-electron chi connectivity index (χ1n) is 8.41. The van der Waals surface area contributed by atoms with Gasteiger partial charge in [0.1, 0.15) is 5.75 Å². The molecular weight excluding hydrogens is 354 g/mol. The number of ether oxygens (including phenoxy) is 2. The Kier molecular flexibility index (Phi) is 7.96. The minimum Gasteiger partial charge on any atom is -0.495 e. The second-order valence-electron chi connectivity index (χ2n) is 5.71. The third-order valence-corrected chi connectivity index (χ3v) is 4.00. The lowest BCUT2D eigenvalue weighted by molar-refractivity contribution is -0.144. The first kappa shape index (κ1) is 19.8. The Labute approximate surface area is 158 Å². The molecule has 2 aromatic carbocycles. The largest absolute Gasteiger partial charge is 0.495 e. The molecule has 0 aliphatic rings. The third kappa shape index (κ3) is 6.76. The zero-order chi connectivity index (χ0) is 18.8. The molecule has 5 nitrogen and oxygen atoms in total. The molecule has 0 bridgehead atoms. The summed E-state index contributed by atoms with van der Waals surface area (Å²) in [7, 11) is 1.52. The van der Waals surface area contributed by atoms with E-state index in [1.807, 2.05) is 30.3 Å². The number of methoxy groups -OCH3 is 1. The minimum atomic E-state index is -0.374. The topological polar surface area (TPSA) is 64.6 Å². The number of halogens is 1. The van der Waals surface area contributed by atoms with Gasteiger partial charge in [0.25, 0.3) is 0 Å². The number of hydrogen-bond donors (Lipinski definition) is 1. The Morgan fingerprint density at radius 2 is 1.85 bits per heavy atom. The van der Waals surface area contributed by atoms with Crippen molar-refractivity contribution in [3.05, 3.63) is 59.1 Å². The van der Waals surface area contributed by atoms with Gasteiger partial charge in [-0.05, 0) is 36.6 Å². The summed E-state index contributed by atoms with van der Waals surface area (Å²) in [4.78, 5) is 23.6. The maximum absolute atomic E-state index is 11.9. The Bertz CT molecular complexity index is 734. The Balaban J connectivity index is 1.63. The number of rotatable bonds is 9. The molecular formula is C20H22ClNO4. The van der Waals surface area contributed by atoms with Crippen LogP contribution in [0.2, 0.25) is 5.02 Å². The third-order valence-electron chi connectivity index (χ3n) is 3.71. The first-order valence-corrected chi connectivity index (χ1v) is 8.79. The zero-order valence-corrected chi connectivity index (χ0v) is 15.4. The molecule has 0 fully saturated rings. The highest BCUT2D eigenvalue weighted by Gasteiger charge is 2.09. The number of benzene rings is 2. The molecule has 0 aliphatic carbocycles. The average molecular weight is 376 g/mol. The number of aryl methyl sites for hydroxylation is 1. The first-order chi connectivity index (χ1) is 12.6. The van der Waals surface area contributed by atoms with Crippen molar-refractivity contribution < 1.29 is 19.1 Å². The monoisotopic (exact) mass is 375 g/mol. The number of amides is 1. The number of nitrogens with one attached hydrogen (secondary N) is 1. The van der Waals surface area contributed by atoms with Crippen LogP contribution in [0.4, 0.5) is 5.69 Å². The second kappa shape index (κ2) is 10.5. The van der Waals surface area contributed by atoms with E-state index in [0.29, 0.717) is 23.1 Å². The molecule has 0 heterocycles. The zero-order valence-electron chi connectivity index (χ0n) is 14.7. The van der Waals surface area contributed by atoms with Crippen LogP contribution in [-0.2, 0) is 20.7 Å². The number of carbonyl (C=O) groups is 2. The highest BCUT2D eigenvalue weighted by atomic mass is 35.5. The SMILES string of the molecule is COc1ccc(NC(=O)CCC(=O)OCCCc2ccccc2)cc1Cl. The molecule has 2 aromatic rings. The fourth-order valence-electron chi connectivity index (χ4n) is 2.36. The minimum absolute atomic E-state index is 0.0427. The van der Waals surface area contributed by atoms with Gasteiger partial charge in [0.05, 0.1) is 25.2 Å². The fraction of sp³-hybridized carbons (Fsp3) is 0.300. The van der Waals surface area contributed by atoms with Gasteiger partial charge in [-0.1, -0.05) is 41.9 Å². The molecule has 0 saturated heterocycles. The molecule has 0 unspecified atom stereocenters. The van der Waals surface area contributed by atoms with Crippen LogP contribution in [0.15, 0.2) is 48.5 Å². The van der Waals surface area contributed by atoms with Gasteiger partial charge in [-0.3, -0.25) is 9.59 Å². The number of esters is 1. The Morgan fingerprint density at radius 3 is 2.54 bits per heavy atom. The van der Waals surface area contributed by atoms with E-state index in [0.717, 1.165) is 12.8 Å². The van der Waals surface area contributed by atoms with Gasteiger partial charge in [-0.15, -0.1) is 0 Å². The van der Waals surface area contributed by atoms with E-state index in [4.69, 9.17) is 21.1 Å². The van der Waals surface area contributed by atoms with Crippen molar-refractivity contribution in [2.45, 2.75) is 25.7 Å². The van der Waals surface area contributed by atoms with E-state index in [2.05, 4.69) is 5.32 Å². The lowest BCUT2D eigenvalue weighted by atomic mass is 10.1. The summed E-state index contributed by atoms with van der Waals surface area (Å²) in [5.74, 6) is -0.114. The smallest absolute Gasteiger partial charge is 0.306 e. The molecule has 0 atom stereocenters. The standard InChI is InChI=1S/C20H22ClNO4/c1-25-18-10-9-16(14-17(18)21)22-19(23)11-12-20(24)26-13-5-8-15-6-3-2-4-7-15/h2-4,6-7,9-10,14H,5,8,11-13H2,1H3,(H,22,23). The molecule has 0 aliphatic heterocycles. The summed E-state index contributed by atoms with van der Waals surface area (Å²) in [6.45, 7) is 0.351. The average Bonchev–Trinajstić information content (AvgIpc) is 2.64. The van der Waals surface area contributed by atoms with Crippen LogP contribution in [0.1, 0.15) is 24.8 Å². The molecule has 1 amide bonds. The van der Waals surface area contributed by atoms with Gasteiger partial charge in [-0.25, -0.2) is 0 Å². The quantitative estimate of drug-likeness (QED) is 0.525. The number of carbonyl (C=O) groups excluding carboxylic acids is 2. The second-order valence-corrected chi connectivity index (χ2v) is 6.11. The van der Waals surface area contributed by atoms with Crippen LogP contribution in [0, 0.1) is 0 Å². The van der Waals surface area contributed by atoms with Crippen molar-refractivity contribution in [1.29, 1.82) is 0 Å². The van der Waals surface area contributed by atoms with E-state index in [1.165, 1.54) is 12.7 Å². The Hall–Kier alpha value is -2.53. The molecule has 26 heavy (non-hydrogen) atoms. The molecule has 0 radical (unpaired) electrons.